The number of rotatable bonds is 2. The van der Waals surface area contributed by atoms with Gasteiger partial charge < -0.3 is 0 Å². The van der Waals surface area contributed by atoms with Gasteiger partial charge in [-0.1, -0.05) is 29.8 Å². The van der Waals surface area contributed by atoms with E-state index in [0.717, 1.165) is 16.3 Å². The lowest BCUT2D eigenvalue weighted by molar-refractivity contribution is 0.914. The van der Waals surface area contributed by atoms with Gasteiger partial charge >= 0.3 is 0 Å². The molecule has 16 heavy (non-hydrogen) atoms. The number of hydrogen-bond donors (Lipinski definition) is 0. The Morgan fingerprint density at radius 2 is 1.69 bits per heavy atom. The molecule has 0 spiro atoms. The summed E-state index contributed by atoms with van der Waals surface area (Å²) in [5, 5.41) is 9.44. The van der Waals surface area contributed by atoms with Gasteiger partial charge in [0.05, 0.1) is 5.69 Å². The van der Waals surface area contributed by atoms with Crippen molar-refractivity contribution in [1.82, 2.24) is 10.2 Å². The van der Waals surface area contributed by atoms with Crippen LogP contribution in [0.1, 0.15) is 11.1 Å². The molecule has 1 aromatic carbocycles. The smallest absolute Gasteiger partial charge is 0.121 e. The first-order chi connectivity index (χ1) is 7.70. The fourth-order valence-electron chi connectivity index (χ4n) is 1.54. The number of hydrogen-bond acceptors (Lipinski definition) is 3. The third-order valence-electron chi connectivity index (χ3n) is 2.48. The van der Waals surface area contributed by atoms with Gasteiger partial charge in [-0.15, -0.1) is 22.0 Å². The van der Waals surface area contributed by atoms with E-state index < -0.39 is 0 Å². The monoisotopic (exact) mass is 230 g/mol. The topological polar surface area (TPSA) is 25.8 Å². The first-order valence-corrected chi connectivity index (χ1v) is 6.38. The van der Waals surface area contributed by atoms with Crippen molar-refractivity contribution in [3.63, 3.8) is 0 Å². The summed E-state index contributed by atoms with van der Waals surface area (Å²) in [7, 11) is 0. The Morgan fingerprint density at radius 1 is 1.00 bits per heavy atom. The highest BCUT2D eigenvalue weighted by Crippen LogP contribution is 2.22. The molecule has 0 N–H and O–H groups in total. The van der Waals surface area contributed by atoms with Gasteiger partial charge in [0.25, 0.3) is 0 Å². The van der Waals surface area contributed by atoms with Crippen molar-refractivity contribution in [1.29, 1.82) is 0 Å². The first kappa shape index (κ1) is 11.1. The number of nitrogens with zero attached hydrogens (tertiary/aromatic N) is 2. The summed E-state index contributed by atoms with van der Waals surface area (Å²) < 4.78 is 0. The van der Waals surface area contributed by atoms with Gasteiger partial charge in [-0.05, 0) is 31.7 Å². The van der Waals surface area contributed by atoms with E-state index in [1.54, 1.807) is 11.8 Å². The molecule has 0 amide bonds. The maximum absolute atomic E-state index is 4.24. The maximum Gasteiger partial charge on any atom is 0.121 e. The number of aromatic nitrogens is 2. The molecule has 0 unspecified atom stereocenters. The van der Waals surface area contributed by atoms with Crippen LogP contribution in [0.25, 0.3) is 11.3 Å². The van der Waals surface area contributed by atoms with Crippen LogP contribution in [0.5, 0.6) is 0 Å². The predicted octanol–water partition coefficient (Wildman–Crippen LogP) is 3.48. The average Bonchev–Trinajstić information content (AvgIpc) is 2.30. The van der Waals surface area contributed by atoms with E-state index in [-0.39, 0.29) is 0 Å². The molecule has 0 atom stereocenters. The molecule has 2 nitrogen and oxygen atoms in total. The highest BCUT2D eigenvalue weighted by atomic mass is 32.2. The van der Waals surface area contributed by atoms with Crippen molar-refractivity contribution in [3.8, 4) is 11.3 Å². The molecule has 2 aromatic rings. The minimum atomic E-state index is 0.940. The molecular weight excluding hydrogens is 216 g/mol. The summed E-state index contributed by atoms with van der Waals surface area (Å²) in [5.41, 5.74) is 4.50. The normalized spacial score (nSPS) is 10.4. The van der Waals surface area contributed by atoms with Gasteiger partial charge in [-0.2, -0.15) is 0 Å². The summed E-state index contributed by atoms with van der Waals surface area (Å²) in [5.74, 6) is 0. The van der Waals surface area contributed by atoms with Crippen molar-refractivity contribution in [2.24, 2.45) is 0 Å². The maximum atomic E-state index is 4.24. The van der Waals surface area contributed by atoms with Crippen LogP contribution in [0.2, 0.25) is 0 Å². The van der Waals surface area contributed by atoms with E-state index in [1.165, 1.54) is 11.1 Å². The van der Waals surface area contributed by atoms with E-state index in [1.807, 2.05) is 6.26 Å². The lowest BCUT2D eigenvalue weighted by Crippen LogP contribution is -1.92. The number of aryl methyl sites for hydroxylation is 2. The fraction of sp³-hybridized carbons (Fsp3) is 0.231. The highest BCUT2D eigenvalue weighted by Gasteiger charge is 2.04. The standard InChI is InChI=1S/C13H14N2S/c1-9-4-6-11(7-5-9)12-8-10(2)13(16-3)15-14-12/h4-8H,1-3H3. The molecule has 0 aliphatic rings. The van der Waals surface area contributed by atoms with Gasteiger partial charge in [-0.25, -0.2) is 0 Å². The molecule has 0 saturated heterocycles. The minimum Gasteiger partial charge on any atom is -0.149 e. The summed E-state index contributed by atoms with van der Waals surface area (Å²) in [6, 6.07) is 10.4. The second kappa shape index (κ2) is 4.66. The van der Waals surface area contributed by atoms with Crippen molar-refractivity contribution in [2.45, 2.75) is 18.9 Å². The summed E-state index contributed by atoms with van der Waals surface area (Å²) in [6.45, 7) is 4.15. The molecule has 0 bridgehead atoms. The Balaban J connectivity index is 2.41. The van der Waals surface area contributed by atoms with Gasteiger partial charge in [0, 0.05) is 5.56 Å². The molecule has 82 valence electrons. The summed E-state index contributed by atoms with van der Waals surface area (Å²) in [4.78, 5) is 0. The molecule has 0 saturated carbocycles. The Hall–Kier alpha value is -1.35. The second-order valence-corrected chi connectivity index (χ2v) is 4.58. The largest absolute Gasteiger partial charge is 0.149 e. The minimum absolute atomic E-state index is 0.940. The Morgan fingerprint density at radius 3 is 2.25 bits per heavy atom. The van der Waals surface area contributed by atoms with Crippen LogP contribution in [0.15, 0.2) is 35.4 Å². The molecular formula is C13H14N2S. The molecule has 0 aliphatic heterocycles. The van der Waals surface area contributed by atoms with E-state index >= 15 is 0 Å². The Kier molecular flexibility index (Phi) is 3.25. The lowest BCUT2D eigenvalue weighted by Gasteiger charge is -2.04. The quantitative estimate of drug-likeness (QED) is 0.739. The van der Waals surface area contributed by atoms with Crippen molar-refractivity contribution in [3.05, 3.63) is 41.5 Å². The molecule has 0 fully saturated rings. The van der Waals surface area contributed by atoms with E-state index in [0.29, 0.717) is 0 Å². The first-order valence-electron chi connectivity index (χ1n) is 5.16. The van der Waals surface area contributed by atoms with Crippen LogP contribution >= 0.6 is 11.8 Å². The van der Waals surface area contributed by atoms with Gasteiger partial charge in [-0.3, -0.25) is 0 Å². The Labute approximate surface area is 100 Å². The van der Waals surface area contributed by atoms with E-state index in [4.69, 9.17) is 0 Å². The SMILES string of the molecule is CSc1nnc(-c2ccc(C)cc2)cc1C. The molecule has 1 heterocycles. The third kappa shape index (κ3) is 2.25. The van der Waals surface area contributed by atoms with Crippen LogP contribution in [-0.2, 0) is 0 Å². The van der Waals surface area contributed by atoms with Gasteiger partial charge in [0.2, 0.25) is 0 Å². The fourth-order valence-corrected chi connectivity index (χ4v) is 2.04. The van der Waals surface area contributed by atoms with Gasteiger partial charge in [0.15, 0.2) is 0 Å². The summed E-state index contributed by atoms with van der Waals surface area (Å²) >= 11 is 1.63. The summed E-state index contributed by atoms with van der Waals surface area (Å²) in [6.07, 6.45) is 2.02. The average molecular weight is 230 g/mol. The molecule has 0 radical (unpaired) electrons. The van der Waals surface area contributed by atoms with Crippen LogP contribution in [0, 0.1) is 13.8 Å². The van der Waals surface area contributed by atoms with E-state index in [2.05, 4.69) is 54.4 Å². The second-order valence-electron chi connectivity index (χ2n) is 3.79. The van der Waals surface area contributed by atoms with Crippen molar-refractivity contribution in [2.75, 3.05) is 6.26 Å². The zero-order chi connectivity index (χ0) is 11.5. The predicted molar refractivity (Wildman–Crippen MR) is 68.7 cm³/mol. The van der Waals surface area contributed by atoms with Crippen LogP contribution < -0.4 is 0 Å². The Bertz CT molecular complexity index is 492. The number of thioether (sulfide) groups is 1. The zero-order valence-electron chi connectivity index (χ0n) is 9.69. The van der Waals surface area contributed by atoms with Gasteiger partial charge in [0.1, 0.15) is 5.03 Å². The molecule has 2 rings (SSSR count). The molecule has 3 heteroatoms. The van der Waals surface area contributed by atoms with Crippen molar-refractivity contribution < 1.29 is 0 Å². The highest BCUT2D eigenvalue weighted by molar-refractivity contribution is 7.98. The van der Waals surface area contributed by atoms with E-state index in [9.17, 15) is 0 Å². The third-order valence-corrected chi connectivity index (χ3v) is 3.27. The lowest BCUT2D eigenvalue weighted by atomic mass is 10.1. The molecule has 0 aliphatic carbocycles. The molecule has 1 aromatic heterocycles. The zero-order valence-corrected chi connectivity index (χ0v) is 10.5. The van der Waals surface area contributed by atoms with Crippen molar-refractivity contribution >= 4 is 11.8 Å². The van der Waals surface area contributed by atoms with Crippen LogP contribution in [-0.4, -0.2) is 16.5 Å². The van der Waals surface area contributed by atoms with Crippen LogP contribution in [0.4, 0.5) is 0 Å². The number of benzene rings is 1. The van der Waals surface area contributed by atoms with Crippen LogP contribution in [0.3, 0.4) is 0 Å².